The zero-order chi connectivity index (χ0) is 25.8. The van der Waals surface area contributed by atoms with Crippen molar-refractivity contribution in [1.29, 1.82) is 0 Å². The summed E-state index contributed by atoms with van der Waals surface area (Å²) in [6.45, 7) is 6.78. The van der Waals surface area contributed by atoms with E-state index >= 15 is 0 Å². The van der Waals surface area contributed by atoms with Gasteiger partial charge >= 0.3 is 0 Å². The van der Waals surface area contributed by atoms with Gasteiger partial charge in [-0.3, -0.25) is 9.59 Å². The van der Waals surface area contributed by atoms with Crippen LogP contribution < -0.4 is 4.74 Å². The van der Waals surface area contributed by atoms with Crippen molar-refractivity contribution < 1.29 is 19.1 Å². The maximum absolute atomic E-state index is 13.5. The van der Waals surface area contributed by atoms with Crippen molar-refractivity contribution in [2.75, 3.05) is 33.4 Å². The average molecular weight is 492 g/mol. The van der Waals surface area contributed by atoms with Crippen molar-refractivity contribution in [1.82, 2.24) is 14.4 Å². The Morgan fingerprint density at radius 1 is 0.917 bits per heavy atom. The molecule has 0 bridgehead atoms. The van der Waals surface area contributed by atoms with E-state index in [0.29, 0.717) is 45.8 Å². The second-order valence-corrected chi connectivity index (χ2v) is 8.71. The van der Waals surface area contributed by atoms with Crippen LogP contribution in [0.1, 0.15) is 37.1 Å². The minimum atomic E-state index is -0.110. The number of carbonyl (C=O) groups excluding carboxylic acids is 2. The Hall–Kier alpha value is -3.58. The van der Waals surface area contributed by atoms with Crippen molar-refractivity contribution in [3.05, 3.63) is 89.7 Å². The first kappa shape index (κ1) is 27.0. The van der Waals surface area contributed by atoms with Gasteiger partial charge < -0.3 is 23.8 Å². The number of benzene rings is 2. The smallest absolute Gasteiger partial charge is 0.242 e. The van der Waals surface area contributed by atoms with Crippen LogP contribution in [0.25, 0.3) is 0 Å². The Morgan fingerprint density at radius 3 is 2.42 bits per heavy atom. The molecule has 3 rings (SSSR count). The van der Waals surface area contributed by atoms with Crippen LogP contribution in [-0.4, -0.2) is 59.6 Å². The van der Waals surface area contributed by atoms with Gasteiger partial charge in [-0.15, -0.1) is 0 Å². The molecule has 0 aliphatic heterocycles. The maximum Gasteiger partial charge on any atom is 0.242 e. The lowest BCUT2D eigenvalue weighted by molar-refractivity contribution is -0.140. The molecule has 0 saturated carbocycles. The summed E-state index contributed by atoms with van der Waals surface area (Å²) in [5.74, 6) is 0.622. The fourth-order valence-electron chi connectivity index (χ4n) is 4.06. The number of aromatic nitrogens is 1. The molecule has 7 nitrogen and oxygen atoms in total. The molecule has 0 spiro atoms. The molecule has 7 heteroatoms. The molecule has 36 heavy (non-hydrogen) atoms. The minimum Gasteiger partial charge on any atom is -0.497 e. The van der Waals surface area contributed by atoms with E-state index in [-0.39, 0.29) is 18.4 Å². The molecule has 0 aliphatic carbocycles. The molecular weight excluding hydrogens is 454 g/mol. The largest absolute Gasteiger partial charge is 0.497 e. The molecular formula is C29H37N3O4. The quantitative estimate of drug-likeness (QED) is 0.315. The van der Waals surface area contributed by atoms with Crippen molar-refractivity contribution in [3.8, 4) is 5.75 Å². The molecule has 0 saturated heterocycles. The predicted molar refractivity (Wildman–Crippen MR) is 141 cm³/mol. The van der Waals surface area contributed by atoms with Gasteiger partial charge in [0.05, 0.1) is 20.2 Å². The zero-order valence-electron chi connectivity index (χ0n) is 21.6. The number of ether oxygens (including phenoxy) is 2. The summed E-state index contributed by atoms with van der Waals surface area (Å²) >= 11 is 0. The third-order valence-corrected chi connectivity index (χ3v) is 6.02. The Morgan fingerprint density at radius 2 is 1.69 bits per heavy atom. The monoisotopic (exact) mass is 491 g/mol. The Bertz CT molecular complexity index is 1100. The van der Waals surface area contributed by atoms with Gasteiger partial charge in [-0.05, 0) is 48.7 Å². The SMILES string of the molecule is CCOCCCN(CC(=O)N(Cc1ccccc1)Cc1cccn1Cc1cccc(OC)c1)C(C)=O. The van der Waals surface area contributed by atoms with Crippen LogP contribution in [0, 0.1) is 0 Å². The van der Waals surface area contributed by atoms with E-state index in [1.807, 2.05) is 78.7 Å². The highest BCUT2D eigenvalue weighted by Gasteiger charge is 2.21. The summed E-state index contributed by atoms with van der Waals surface area (Å²) in [6, 6.07) is 22.0. The van der Waals surface area contributed by atoms with Crippen molar-refractivity contribution >= 4 is 11.8 Å². The second-order valence-electron chi connectivity index (χ2n) is 8.71. The topological polar surface area (TPSA) is 64.0 Å². The van der Waals surface area contributed by atoms with Crippen LogP contribution in [0.5, 0.6) is 5.75 Å². The van der Waals surface area contributed by atoms with Crippen LogP contribution in [0.4, 0.5) is 0 Å². The molecule has 0 atom stereocenters. The van der Waals surface area contributed by atoms with Gasteiger partial charge in [0.1, 0.15) is 5.75 Å². The van der Waals surface area contributed by atoms with Crippen LogP contribution in [0.3, 0.4) is 0 Å². The van der Waals surface area contributed by atoms with E-state index in [1.54, 1.807) is 12.0 Å². The summed E-state index contributed by atoms with van der Waals surface area (Å²) in [7, 11) is 1.66. The third kappa shape index (κ3) is 8.27. The highest BCUT2D eigenvalue weighted by Crippen LogP contribution is 2.17. The number of methoxy groups -OCH3 is 1. The first-order valence-electron chi connectivity index (χ1n) is 12.4. The number of nitrogens with zero attached hydrogens (tertiary/aromatic N) is 3. The Kier molecular flexibility index (Phi) is 10.6. The molecule has 0 aliphatic rings. The number of carbonyl (C=O) groups is 2. The van der Waals surface area contributed by atoms with Gasteiger partial charge in [0, 0.05) is 51.7 Å². The van der Waals surface area contributed by atoms with Crippen molar-refractivity contribution in [2.24, 2.45) is 0 Å². The van der Waals surface area contributed by atoms with E-state index in [1.165, 1.54) is 6.92 Å². The summed E-state index contributed by atoms with van der Waals surface area (Å²) in [5.41, 5.74) is 3.18. The van der Waals surface area contributed by atoms with E-state index in [9.17, 15) is 9.59 Å². The normalized spacial score (nSPS) is 10.8. The second kappa shape index (κ2) is 14.1. The van der Waals surface area contributed by atoms with Crippen molar-refractivity contribution in [3.63, 3.8) is 0 Å². The molecule has 0 unspecified atom stereocenters. The predicted octanol–water partition coefficient (Wildman–Crippen LogP) is 4.35. The average Bonchev–Trinajstić information content (AvgIpc) is 3.32. The standard InChI is InChI=1S/C29H37N3O4/c1-4-36-18-10-17-30(24(2)33)23-29(34)32(20-25-11-6-5-7-12-25)22-27-14-9-16-31(27)21-26-13-8-15-28(19-26)35-3/h5-9,11-16,19H,4,10,17-18,20-23H2,1-3H3. The maximum atomic E-state index is 13.5. The lowest BCUT2D eigenvalue weighted by Gasteiger charge is -2.28. The molecule has 0 fully saturated rings. The van der Waals surface area contributed by atoms with Gasteiger partial charge in [0.2, 0.25) is 11.8 Å². The summed E-state index contributed by atoms with van der Waals surface area (Å²) < 4.78 is 12.9. The number of hydrogen-bond donors (Lipinski definition) is 0. The molecule has 192 valence electrons. The third-order valence-electron chi connectivity index (χ3n) is 6.02. The lowest BCUT2D eigenvalue weighted by Crippen LogP contribution is -2.42. The molecule has 0 radical (unpaired) electrons. The lowest BCUT2D eigenvalue weighted by atomic mass is 10.2. The number of amides is 2. The molecule has 2 aromatic carbocycles. The molecule has 1 aromatic heterocycles. The van der Waals surface area contributed by atoms with E-state index in [4.69, 9.17) is 9.47 Å². The first-order chi connectivity index (χ1) is 17.5. The van der Waals surface area contributed by atoms with Crippen LogP contribution >= 0.6 is 0 Å². The summed E-state index contributed by atoms with van der Waals surface area (Å²) in [4.78, 5) is 29.2. The van der Waals surface area contributed by atoms with Gasteiger partial charge in [0.25, 0.3) is 0 Å². The fourth-order valence-corrected chi connectivity index (χ4v) is 4.06. The number of rotatable bonds is 14. The summed E-state index contributed by atoms with van der Waals surface area (Å²) in [6.07, 6.45) is 2.72. The number of hydrogen-bond acceptors (Lipinski definition) is 4. The van der Waals surface area contributed by atoms with Gasteiger partial charge in [-0.1, -0.05) is 42.5 Å². The zero-order valence-corrected chi connectivity index (χ0v) is 21.6. The van der Waals surface area contributed by atoms with E-state index < -0.39 is 0 Å². The van der Waals surface area contributed by atoms with Gasteiger partial charge in [-0.25, -0.2) is 0 Å². The van der Waals surface area contributed by atoms with E-state index in [0.717, 1.165) is 22.6 Å². The van der Waals surface area contributed by atoms with Crippen LogP contribution in [-0.2, 0) is 34.0 Å². The Balaban J connectivity index is 1.76. The van der Waals surface area contributed by atoms with Gasteiger partial charge in [0.15, 0.2) is 0 Å². The molecule has 2 amide bonds. The van der Waals surface area contributed by atoms with Crippen LogP contribution in [0.2, 0.25) is 0 Å². The molecule has 3 aromatic rings. The van der Waals surface area contributed by atoms with E-state index in [2.05, 4.69) is 10.6 Å². The Labute approximate surface area is 214 Å². The highest BCUT2D eigenvalue weighted by atomic mass is 16.5. The summed E-state index contributed by atoms with van der Waals surface area (Å²) in [5, 5.41) is 0. The molecule has 0 N–H and O–H groups in total. The van der Waals surface area contributed by atoms with Crippen molar-refractivity contribution in [2.45, 2.75) is 39.9 Å². The van der Waals surface area contributed by atoms with Crippen LogP contribution in [0.15, 0.2) is 72.9 Å². The highest BCUT2D eigenvalue weighted by molar-refractivity contribution is 5.83. The fraction of sp³-hybridized carbons (Fsp3) is 0.379. The first-order valence-corrected chi connectivity index (χ1v) is 12.4. The minimum absolute atomic E-state index is 0.0465. The molecule has 1 heterocycles. The van der Waals surface area contributed by atoms with Gasteiger partial charge in [-0.2, -0.15) is 0 Å².